The lowest BCUT2D eigenvalue weighted by molar-refractivity contribution is -0.401. The van der Waals surface area contributed by atoms with Crippen molar-refractivity contribution in [2.75, 3.05) is 19.8 Å². The molecule has 1 heterocycles. The summed E-state index contributed by atoms with van der Waals surface area (Å²) >= 11 is 1.91. The predicted molar refractivity (Wildman–Crippen MR) is 184 cm³/mol. The van der Waals surface area contributed by atoms with Crippen LogP contribution in [0.5, 0.6) is 0 Å². The molecular formula is C39H47N2S+. The van der Waals surface area contributed by atoms with Gasteiger partial charge in [0.05, 0.1) is 5.41 Å². The highest BCUT2D eigenvalue weighted by molar-refractivity contribution is 7.99. The van der Waals surface area contributed by atoms with Crippen molar-refractivity contribution in [3.63, 3.8) is 0 Å². The van der Waals surface area contributed by atoms with Gasteiger partial charge in [-0.3, -0.25) is 0 Å². The van der Waals surface area contributed by atoms with Crippen molar-refractivity contribution < 1.29 is 4.58 Å². The van der Waals surface area contributed by atoms with Gasteiger partial charge in [0.1, 0.15) is 7.05 Å². The Balaban J connectivity index is 1.45. The van der Waals surface area contributed by atoms with Crippen molar-refractivity contribution in [2.24, 2.45) is 0 Å². The minimum Gasteiger partial charge on any atom is -0.391 e. The van der Waals surface area contributed by atoms with E-state index in [2.05, 4.69) is 160 Å². The van der Waals surface area contributed by atoms with Crippen LogP contribution in [0.25, 0.3) is 0 Å². The second kappa shape index (κ2) is 14.1. The molecule has 0 spiro atoms. The third kappa shape index (κ3) is 7.44. The number of nitrogens with one attached hydrogen (secondary N) is 1. The molecule has 3 aromatic rings. The molecule has 0 amide bonds. The fourth-order valence-electron chi connectivity index (χ4n) is 5.84. The zero-order valence-corrected chi connectivity index (χ0v) is 27.1. The third-order valence-electron chi connectivity index (χ3n) is 8.50. The molecule has 0 fully saturated rings. The number of nitrogens with zero attached hydrogens (tertiary/aromatic N) is 1. The molecule has 0 radical (unpaired) electrons. The molecule has 1 aliphatic rings. The molecule has 1 N–H and O–H groups in total. The summed E-state index contributed by atoms with van der Waals surface area (Å²) in [7, 11) is 4.20. The van der Waals surface area contributed by atoms with Gasteiger partial charge in [-0.25, -0.2) is 0 Å². The average Bonchev–Trinajstić information content (AvgIpc) is 3.19. The van der Waals surface area contributed by atoms with Crippen LogP contribution in [-0.4, -0.2) is 30.1 Å². The van der Waals surface area contributed by atoms with Crippen LogP contribution in [0.1, 0.15) is 58.1 Å². The number of allylic oxidation sites excluding steroid dienone is 6. The van der Waals surface area contributed by atoms with Crippen LogP contribution in [0.15, 0.2) is 138 Å². The quantitative estimate of drug-likeness (QED) is 0.124. The lowest BCUT2D eigenvalue weighted by Gasteiger charge is -2.28. The van der Waals surface area contributed by atoms with Crippen LogP contribution >= 0.6 is 11.8 Å². The summed E-state index contributed by atoms with van der Waals surface area (Å²) in [6, 6.07) is 30.1. The SMILES string of the molecule is C=C(/C=C/C1=[N+](C)c2ccccc2C1(C)C)CCC/C(=C\C=C(\NC)C(C)(C)c1ccccc1)CSc1ccccc1. The molecule has 2 nitrogen and oxygen atoms in total. The summed E-state index contributed by atoms with van der Waals surface area (Å²) in [6.45, 7) is 13.6. The number of para-hydroxylation sites is 1. The lowest BCUT2D eigenvalue weighted by atomic mass is 9.81. The van der Waals surface area contributed by atoms with Gasteiger partial charge in [0.2, 0.25) is 5.69 Å². The number of hydrogen-bond acceptors (Lipinski definition) is 2. The molecule has 0 aromatic heterocycles. The average molecular weight is 576 g/mol. The van der Waals surface area contributed by atoms with Crippen LogP contribution in [0.3, 0.4) is 0 Å². The van der Waals surface area contributed by atoms with E-state index in [9.17, 15) is 0 Å². The first-order valence-electron chi connectivity index (χ1n) is 15.0. The molecule has 0 bridgehead atoms. The Hall–Kier alpha value is -3.56. The van der Waals surface area contributed by atoms with Crippen molar-refractivity contribution in [2.45, 2.75) is 62.7 Å². The molecule has 0 aliphatic carbocycles. The van der Waals surface area contributed by atoms with Gasteiger partial charge in [-0.05, 0) is 56.9 Å². The number of thioether (sulfide) groups is 1. The fraction of sp³-hybridized carbons (Fsp3) is 0.308. The van der Waals surface area contributed by atoms with Gasteiger partial charge >= 0.3 is 0 Å². The summed E-state index contributed by atoms with van der Waals surface area (Å²) in [5.41, 5.74) is 9.00. The van der Waals surface area contributed by atoms with Crippen LogP contribution in [0, 0.1) is 0 Å². The van der Waals surface area contributed by atoms with Gasteiger partial charge < -0.3 is 5.32 Å². The second-order valence-corrected chi connectivity index (χ2v) is 13.2. The van der Waals surface area contributed by atoms with E-state index in [1.165, 1.54) is 44.3 Å². The fourth-order valence-corrected chi connectivity index (χ4v) is 6.78. The van der Waals surface area contributed by atoms with Gasteiger partial charge in [-0.2, -0.15) is 4.58 Å². The summed E-state index contributed by atoms with van der Waals surface area (Å²) in [4.78, 5) is 1.31. The zero-order valence-electron chi connectivity index (χ0n) is 26.3. The van der Waals surface area contributed by atoms with Crippen molar-refractivity contribution >= 4 is 23.2 Å². The van der Waals surface area contributed by atoms with Gasteiger partial charge in [-0.1, -0.05) is 110 Å². The topological polar surface area (TPSA) is 15.0 Å². The van der Waals surface area contributed by atoms with E-state index in [0.29, 0.717) is 0 Å². The maximum absolute atomic E-state index is 4.42. The smallest absolute Gasteiger partial charge is 0.209 e. The predicted octanol–water partition coefficient (Wildman–Crippen LogP) is 9.78. The molecule has 3 heteroatoms. The normalized spacial score (nSPS) is 15.3. The Labute approximate surface area is 258 Å². The molecule has 218 valence electrons. The van der Waals surface area contributed by atoms with Gasteiger partial charge in [-0.15, -0.1) is 11.8 Å². The zero-order chi connectivity index (χ0) is 30.2. The number of likely N-dealkylation sites (N-methyl/N-ethyl adjacent to an activating group) is 1. The highest BCUT2D eigenvalue weighted by atomic mass is 32.2. The largest absolute Gasteiger partial charge is 0.391 e. The molecule has 0 saturated heterocycles. The minimum atomic E-state index is -0.109. The molecule has 0 saturated carbocycles. The monoisotopic (exact) mass is 575 g/mol. The van der Waals surface area contributed by atoms with Crippen molar-refractivity contribution in [3.05, 3.63) is 144 Å². The van der Waals surface area contributed by atoms with E-state index >= 15 is 0 Å². The Morgan fingerprint density at radius 3 is 2.21 bits per heavy atom. The molecule has 0 unspecified atom stereocenters. The number of hydrogen-bond donors (Lipinski definition) is 1. The van der Waals surface area contributed by atoms with Crippen LogP contribution in [0.2, 0.25) is 0 Å². The standard InChI is InChI=1S/C39H47N2S/c1-30(25-28-37-39(4,5)34-23-14-15-24-35(34)41(37)7)17-16-18-31(29-42-33-21-12-9-13-22-33)26-27-36(40-6)38(2,3)32-19-10-8-11-20-32/h8-15,19-28,40H,1,16-18,29H2,2-7H3/q+1/b28-25+,31-26+,36-27+. The first-order valence-corrected chi connectivity index (χ1v) is 16.0. The van der Waals surface area contributed by atoms with Gasteiger partial charge in [0.25, 0.3) is 0 Å². The molecule has 3 aromatic carbocycles. The van der Waals surface area contributed by atoms with Crippen LogP contribution in [-0.2, 0) is 10.8 Å². The molecule has 0 atom stereocenters. The van der Waals surface area contributed by atoms with E-state index in [1.807, 2.05) is 18.8 Å². The summed E-state index contributed by atoms with van der Waals surface area (Å²) in [5, 5.41) is 3.48. The van der Waals surface area contributed by atoms with E-state index < -0.39 is 0 Å². The summed E-state index contributed by atoms with van der Waals surface area (Å²) in [6.07, 6.45) is 12.2. The van der Waals surface area contributed by atoms with Crippen LogP contribution < -0.4 is 5.32 Å². The molecular weight excluding hydrogens is 529 g/mol. The Bertz CT molecular complexity index is 1490. The minimum absolute atomic E-state index is 0.0163. The van der Waals surface area contributed by atoms with Gasteiger partial charge in [0, 0.05) is 46.5 Å². The summed E-state index contributed by atoms with van der Waals surface area (Å²) in [5.74, 6) is 0.973. The van der Waals surface area contributed by atoms with Crippen molar-refractivity contribution in [1.29, 1.82) is 0 Å². The van der Waals surface area contributed by atoms with Crippen molar-refractivity contribution in [1.82, 2.24) is 5.32 Å². The van der Waals surface area contributed by atoms with Crippen molar-refractivity contribution in [3.8, 4) is 0 Å². The number of benzene rings is 3. The summed E-state index contributed by atoms with van der Waals surface area (Å²) < 4.78 is 2.32. The highest BCUT2D eigenvalue weighted by Gasteiger charge is 2.42. The second-order valence-electron chi connectivity index (χ2n) is 12.2. The lowest BCUT2D eigenvalue weighted by Crippen LogP contribution is -2.28. The maximum atomic E-state index is 4.42. The highest BCUT2D eigenvalue weighted by Crippen LogP contribution is 2.39. The van der Waals surface area contributed by atoms with E-state index in [-0.39, 0.29) is 10.8 Å². The Kier molecular flexibility index (Phi) is 10.5. The Morgan fingerprint density at radius 1 is 0.905 bits per heavy atom. The number of rotatable bonds is 13. The molecule has 4 rings (SSSR count). The van der Waals surface area contributed by atoms with Crippen LogP contribution in [0.4, 0.5) is 5.69 Å². The first kappa shape index (κ1) is 31.4. The van der Waals surface area contributed by atoms with E-state index in [0.717, 1.165) is 25.0 Å². The molecule has 1 aliphatic heterocycles. The maximum Gasteiger partial charge on any atom is 0.209 e. The Morgan fingerprint density at radius 2 is 1.55 bits per heavy atom. The number of fused-ring (bicyclic) bond motifs is 1. The first-order chi connectivity index (χ1) is 20.1. The van der Waals surface area contributed by atoms with E-state index in [4.69, 9.17) is 0 Å². The third-order valence-corrected chi connectivity index (χ3v) is 9.63. The molecule has 42 heavy (non-hydrogen) atoms. The van der Waals surface area contributed by atoms with Gasteiger partial charge in [0.15, 0.2) is 5.71 Å². The van der Waals surface area contributed by atoms with E-state index in [1.54, 1.807) is 0 Å².